The lowest BCUT2D eigenvalue weighted by Gasteiger charge is -1.99. The van der Waals surface area contributed by atoms with Gasteiger partial charge in [0, 0.05) is 0 Å². The zero-order chi connectivity index (χ0) is 9.68. The Hall–Kier alpha value is -1.58. The van der Waals surface area contributed by atoms with Gasteiger partial charge in [0.15, 0.2) is 0 Å². The molecule has 0 aliphatic carbocycles. The normalized spacial score (nSPS) is 9.62. The Balaban J connectivity index is 2.27. The van der Waals surface area contributed by atoms with Crippen LogP contribution in [0, 0.1) is 0 Å². The molecular weight excluding hydrogens is 172 g/mol. The number of hydrogen-bond acceptors (Lipinski definition) is 4. The number of furan rings is 1. The topological polar surface area (TPSA) is 56.5 Å². The molecule has 1 rings (SSSR count). The SMILES string of the molecule is CC(=O)CC(=O)OCc1ccco1. The Morgan fingerprint density at radius 1 is 1.54 bits per heavy atom. The van der Waals surface area contributed by atoms with Crippen LogP contribution in [0.2, 0.25) is 0 Å². The van der Waals surface area contributed by atoms with Gasteiger partial charge in [-0.15, -0.1) is 0 Å². The molecule has 0 N–H and O–H groups in total. The monoisotopic (exact) mass is 182 g/mol. The predicted molar refractivity (Wildman–Crippen MR) is 43.8 cm³/mol. The van der Waals surface area contributed by atoms with Crippen molar-refractivity contribution in [2.75, 3.05) is 0 Å². The molecule has 0 aliphatic heterocycles. The molecule has 1 heterocycles. The highest BCUT2D eigenvalue weighted by Crippen LogP contribution is 2.02. The summed E-state index contributed by atoms with van der Waals surface area (Å²) in [5.74, 6) is -0.162. The average Bonchev–Trinajstić information content (AvgIpc) is 2.51. The molecule has 1 aromatic rings. The van der Waals surface area contributed by atoms with Gasteiger partial charge in [-0.05, 0) is 19.1 Å². The second kappa shape index (κ2) is 4.45. The summed E-state index contributed by atoms with van der Waals surface area (Å²) in [6, 6.07) is 3.40. The maximum absolute atomic E-state index is 10.9. The Kier molecular flexibility index (Phi) is 3.25. The van der Waals surface area contributed by atoms with E-state index in [1.54, 1.807) is 12.1 Å². The summed E-state index contributed by atoms with van der Waals surface area (Å²) in [5, 5.41) is 0. The molecule has 4 heteroatoms. The fourth-order valence-electron chi connectivity index (χ4n) is 0.801. The van der Waals surface area contributed by atoms with E-state index in [9.17, 15) is 9.59 Å². The summed E-state index contributed by atoms with van der Waals surface area (Å²) in [6.45, 7) is 1.42. The second-order valence-corrected chi connectivity index (χ2v) is 2.62. The lowest BCUT2D eigenvalue weighted by atomic mass is 10.3. The Morgan fingerprint density at radius 2 is 2.31 bits per heavy atom. The van der Waals surface area contributed by atoms with Crippen molar-refractivity contribution in [3.63, 3.8) is 0 Å². The number of ether oxygens (including phenoxy) is 1. The van der Waals surface area contributed by atoms with Gasteiger partial charge in [-0.1, -0.05) is 0 Å². The van der Waals surface area contributed by atoms with Crippen molar-refractivity contribution in [2.45, 2.75) is 20.0 Å². The van der Waals surface area contributed by atoms with Crippen LogP contribution in [0.3, 0.4) is 0 Å². The zero-order valence-electron chi connectivity index (χ0n) is 7.28. The van der Waals surface area contributed by atoms with Crippen molar-refractivity contribution in [1.29, 1.82) is 0 Å². The van der Waals surface area contributed by atoms with Gasteiger partial charge in [0.25, 0.3) is 0 Å². The van der Waals surface area contributed by atoms with Crippen molar-refractivity contribution in [1.82, 2.24) is 0 Å². The first-order valence-corrected chi connectivity index (χ1v) is 3.86. The second-order valence-electron chi connectivity index (χ2n) is 2.62. The van der Waals surface area contributed by atoms with Crippen LogP contribution in [0.15, 0.2) is 22.8 Å². The molecule has 0 bridgehead atoms. The van der Waals surface area contributed by atoms with Crippen LogP contribution in [0.25, 0.3) is 0 Å². The summed E-state index contributed by atoms with van der Waals surface area (Å²) >= 11 is 0. The number of carbonyl (C=O) groups is 2. The third-order valence-corrected chi connectivity index (χ3v) is 1.35. The number of hydrogen-bond donors (Lipinski definition) is 0. The molecule has 70 valence electrons. The lowest BCUT2D eigenvalue weighted by Crippen LogP contribution is -2.08. The number of Topliss-reactive ketones (excluding diaryl/α,β-unsaturated/α-hetero) is 1. The quantitative estimate of drug-likeness (QED) is 0.520. The molecule has 0 atom stereocenters. The Morgan fingerprint density at radius 3 is 2.85 bits per heavy atom. The third-order valence-electron chi connectivity index (χ3n) is 1.35. The molecule has 0 aromatic carbocycles. The Bertz CT molecular complexity index is 287. The number of rotatable bonds is 4. The minimum atomic E-state index is -0.524. The third kappa shape index (κ3) is 3.55. The van der Waals surface area contributed by atoms with Crippen molar-refractivity contribution in [2.24, 2.45) is 0 Å². The highest BCUT2D eigenvalue weighted by Gasteiger charge is 2.06. The molecule has 4 nitrogen and oxygen atoms in total. The van der Waals surface area contributed by atoms with Crippen LogP contribution >= 0.6 is 0 Å². The van der Waals surface area contributed by atoms with E-state index in [0.717, 1.165) is 0 Å². The van der Waals surface area contributed by atoms with E-state index in [4.69, 9.17) is 9.15 Å². The molecule has 0 saturated heterocycles. The maximum Gasteiger partial charge on any atom is 0.313 e. The standard InChI is InChI=1S/C9H10O4/c1-7(10)5-9(11)13-6-8-3-2-4-12-8/h2-4H,5-6H2,1H3. The summed E-state index contributed by atoms with van der Waals surface area (Å²) in [6.07, 6.45) is 1.31. The predicted octanol–water partition coefficient (Wildman–Crippen LogP) is 1.30. The van der Waals surface area contributed by atoms with E-state index in [1.165, 1.54) is 13.2 Å². The van der Waals surface area contributed by atoms with E-state index in [1.807, 2.05) is 0 Å². The lowest BCUT2D eigenvalue weighted by molar-refractivity contribution is -0.147. The van der Waals surface area contributed by atoms with Crippen LogP contribution < -0.4 is 0 Å². The first-order valence-electron chi connectivity index (χ1n) is 3.86. The molecule has 0 spiro atoms. The summed E-state index contributed by atoms with van der Waals surface area (Å²) < 4.78 is 9.67. The molecule has 13 heavy (non-hydrogen) atoms. The molecule has 0 unspecified atom stereocenters. The molecular formula is C9H10O4. The van der Waals surface area contributed by atoms with Gasteiger partial charge in [-0.3, -0.25) is 9.59 Å². The minimum absolute atomic E-state index is 0.0825. The molecule has 0 aliphatic rings. The van der Waals surface area contributed by atoms with E-state index >= 15 is 0 Å². The van der Waals surface area contributed by atoms with Gasteiger partial charge in [0.2, 0.25) is 0 Å². The van der Waals surface area contributed by atoms with E-state index < -0.39 is 5.97 Å². The number of ketones is 1. The van der Waals surface area contributed by atoms with E-state index in [0.29, 0.717) is 5.76 Å². The van der Waals surface area contributed by atoms with Crippen LogP contribution in [0.5, 0.6) is 0 Å². The van der Waals surface area contributed by atoms with Gasteiger partial charge in [-0.2, -0.15) is 0 Å². The fourth-order valence-corrected chi connectivity index (χ4v) is 0.801. The minimum Gasteiger partial charge on any atom is -0.466 e. The molecule has 1 aromatic heterocycles. The van der Waals surface area contributed by atoms with Crippen LogP contribution in [0.1, 0.15) is 19.1 Å². The van der Waals surface area contributed by atoms with E-state index in [2.05, 4.69) is 0 Å². The van der Waals surface area contributed by atoms with Crippen molar-refractivity contribution in [3.05, 3.63) is 24.2 Å². The first kappa shape index (κ1) is 9.51. The molecule has 0 amide bonds. The van der Waals surface area contributed by atoms with Crippen LogP contribution in [-0.2, 0) is 20.9 Å². The average molecular weight is 182 g/mol. The molecule has 0 fully saturated rings. The van der Waals surface area contributed by atoms with Crippen LogP contribution in [-0.4, -0.2) is 11.8 Å². The number of esters is 1. The molecule has 0 radical (unpaired) electrons. The first-order chi connectivity index (χ1) is 6.18. The van der Waals surface area contributed by atoms with E-state index in [-0.39, 0.29) is 18.8 Å². The maximum atomic E-state index is 10.9. The molecule has 0 saturated carbocycles. The van der Waals surface area contributed by atoms with Crippen LogP contribution in [0.4, 0.5) is 0 Å². The Labute approximate surface area is 75.5 Å². The van der Waals surface area contributed by atoms with Crippen molar-refractivity contribution in [3.8, 4) is 0 Å². The summed E-state index contributed by atoms with van der Waals surface area (Å²) in [7, 11) is 0. The van der Waals surface area contributed by atoms with Crippen molar-refractivity contribution < 1.29 is 18.7 Å². The zero-order valence-corrected chi connectivity index (χ0v) is 7.28. The largest absolute Gasteiger partial charge is 0.466 e. The van der Waals surface area contributed by atoms with Gasteiger partial charge in [-0.25, -0.2) is 0 Å². The number of carbonyl (C=O) groups excluding carboxylic acids is 2. The highest BCUT2D eigenvalue weighted by atomic mass is 16.5. The van der Waals surface area contributed by atoms with Gasteiger partial charge >= 0.3 is 5.97 Å². The van der Waals surface area contributed by atoms with Gasteiger partial charge in [0.1, 0.15) is 24.6 Å². The smallest absolute Gasteiger partial charge is 0.313 e. The van der Waals surface area contributed by atoms with Gasteiger partial charge in [0.05, 0.1) is 6.26 Å². The highest BCUT2D eigenvalue weighted by molar-refractivity contribution is 5.94. The van der Waals surface area contributed by atoms with Gasteiger partial charge < -0.3 is 9.15 Å². The summed E-state index contributed by atoms with van der Waals surface area (Å²) in [5.41, 5.74) is 0. The van der Waals surface area contributed by atoms with Crippen molar-refractivity contribution >= 4 is 11.8 Å². The summed E-state index contributed by atoms with van der Waals surface area (Å²) in [4.78, 5) is 21.4. The fraction of sp³-hybridized carbons (Fsp3) is 0.333.